The van der Waals surface area contributed by atoms with Gasteiger partial charge in [-0.3, -0.25) is 10.1 Å². The van der Waals surface area contributed by atoms with Gasteiger partial charge in [0.05, 0.1) is 11.5 Å². The van der Waals surface area contributed by atoms with Gasteiger partial charge in [-0.15, -0.1) is 12.2 Å². The van der Waals surface area contributed by atoms with Gasteiger partial charge in [0.25, 0.3) is 5.69 Å². The molecule has 4 nitrogen and oxygen atoms in total. The average Bonchev–Trinajstić information content (AvgIpc) is 2.15. The summed E-state index contributed by atoms with van der Waals surface area (Å²) >= 11 is 8.75. The van der Waals surface area contributed by atoms with E-state index in [2.05, 4.69) is 12.2 Å². The van der Waals surface area contributed by atoms with Gasteiger partial charge >= 0.3 is 0 Å². The molecule has 1 aromatic carbocycles. The van der Waals surface area contributed by atoms with E-state index < -0.39 is 11.0 Å². The molecule has 0 aliphatic rings. The standard InChI is InChI=1S/C7H8NO3PS2/c9-8(10)7-3-1-6(2-4-7)5-11-12(13)14/h1-4,12H,5H2,(H,13,14). The summed E-state index contributed by atoms with van der Waals surface area (Å²) in [5.41, 5.74) is 0.931. The lowest BCUT2D eigenvalue weighted by molar-refractivity contribution is -0.384. The Balaban J connectivity index is 2.64. The van der Waals surface area contributed by atoms with Gasteiger partial charge in [0.2, 0.25) is 0 Å². The Morgan fingerprint density at radius 1 is 1.50 bits per heavy atom. The Labute approximate surface area is 92.1 Å². The summed E-state index contributed by atoms with van der Waals surface area (Å²) in [6, 6.07) is 6.16. The molecule has 0 heterocycles. The number of non-ortho nitro benzene ring substituents is 1. The van der Waals surface area contributed by atoms with E-state index in [0.29, 0.717) is 6.61 Å². The van der Waals surface area contributed by atoms with Gasteiger partial charge in [-0.05, 0) is 17.7 Å². The number of thiol groups is 1. The molecule has 0 bridgehead atoms. The minimum Gasteiger partial charge on any atom is -0.339 e. The van der Waals surface area contributed by atoms with Crippen LogP contribution in [0.1, 0.15) is 5.56 Å². The number of nitrogens with zero attached hydrogens (tertiary/aromatic N) is 1. The first-order valence-corrected chi connectivity index (χ1v) is 7.51. The third-order valence-corrected chi connectivity index (χ3v) is 2.64. The molecule has 7 heteroatoms. The normalized spacial score (nSPS) is 12.4. The van der Waals surface area contributed by atoms with Gasteiger partial charge in [-0.2, -0.15) is 0 Å². The molecule has 76 valence electrons. The van der Waals surface area contributed by atoms with E-state index in [4.69, 9.17) is 16.3 Å². The van der Waals surface area contributed by atoms with Gasteiger partial charge in [-0.1, -0.05) is 11.8 Å². The Hall–Kier alpha value is -0.420. The SMILES string of the molecule is O=[N+]([O-])c1ccc(CO[PH](=S)S)cc1. The lowest BCUT2D eigenvalue weighted by Crippen LogP contribution is -1.89. The lowest BCUT2D eigenvalue weighted by atomic mass is 10.2. The number of hydrogen-bond donors (Lipinski definition) is 1. The highest BCUT2D eigenvalue weighted by Crippen LogP contribution is 2.29. The van der Waals surface area contributed by atoms with Gasteiger partial charge in [0.1, 0.15) is 6.13 Å². The Morgan fingerprint density at radius 2 is 2.07 bits per heavy atom. The van der Waals surface area contributed by atoms with Crippen molar-refractivity contribution in [3.63, 3.8) is 0 Å². The van der Waals surface area contributed by atoms with E-state index in [9.17, 15) is 10.1 Å². The molecule has 0 fully saturated rings. The fourth-order valence-corrected chi connectivity index (χ4v) is 1.52. The quantitative estimate of drug-likeness (QED) is 0.385. The predicted octanol–water partition coefficient (Wildman–Crippen LogP) is 2.55. The number of benzene rings is 1. The second-order valence-corrected chi connectivity index (χ2v) is 6.54. The summed E-state index contributed by atoms with van der Waals surface area (Å²) in [5, 5.41) is 10.3. The second-order valence-electron chi connectivity index (χ2n) is 2.48. The third kappa shape index (κ3) is 3.75. The highest BCUT2D eigenvalue weighted by atomic mass is 32.9. The van der Waals surface area contributed by atoms with Crippen LogP contribution in [-0.2, 0) is 22.9 Å². The van der Waals surface area contributed by atoms with Crippen LogP contribution in [0.3, 0.4) is 0 Å². The summed E-state index contributed by atoms with van der Waals surface area (Å²) in [6.45, 7) is 0.360. The van der Waals surface area contributed by atoms with E-state index in [-0.39, 0.29) is 5.69 Å². The number of rotatable bonds is 4. The van der Waals surface area contributed by atoms with Crippen molar-refractivity contribution in [2.24, 2.45) is 0 Å². The molecule has 0 radical (unpaired) electrons. The molecule has 0 amide bonds. The molecule has 1 unspecified atom stereocenters. The first-order valence-electron chi connectivity index (χ1n) is 3.68. The predicted molar refractivity (Wildman–Crippen MR) is 62.6 cm³/mol. The van der Waals surface area contributed by atoms with Crippen molar-refractivity contribution in [3.8, 4) is 0 Å². The van der Waals surface area contributed by atoms with Crippen LogP contribution in [0.5, 0.6) is 0 Å². The summed E-state index contributed by atoms with van der Waals surface area (Å²) in [4.78, 5) is 9.89. The van der Waals surface area contributed by atoms with Crippen molar-refractivity contribution in [2.75, 3.05) is 0 Å². The highest BCUT2D eigenvalue weighted by Gasteiger charge is 2.03. The second kappa shape index (κ2) is 5.46. The zero-order chi connectivity index (χ0) is 10.6. The monoisotopic (exact) mass is 249 g/mol. The summed E-state index contributed by atoms with van der Waals surface area (Å²) in [7, 11) is 0. The van der Waals surface area contributed by atoms with Gasteiger partial charge in [0.15, 0.2) is 0 Å². The van der Waals surface area contributed by atoms with Crippen LogP contribution in [0.25, 0.3) is 0 Å². The van der Waals surface area contributed by atoms with Crippen molar-refractivity contribution in [1.29, 1.82) is 0 Å². The molecule has 0 spiro atoms. The van der Waals surface area contributed by atoms with Crippen molar-refractivity contribution in [2.45, 2.75) is 6.61 Å². The van der Waals surface area contributed by atoms with Gasteiger partial charge in [0, 0.05) is 12.1 Å². The Morgan fingerprint density at radius 3 is 2.50 bits per heavy atom. The van der Waals surface area contributed by atoms with Crippen LogP contribution >= 0.6 is 18.4 Å². The van der Waals surface area contributed by atoms with E-state index >= 15 is 0 Å². The van der Waals surface area contributed by atoms with Crippen molar-refractivity contribution in [3.05, 3.63) is 39.9 Å². The van der Waals surface area contributed by atoms with E-state index in [1.165, 1.54) is 12.1 Å². The lowest BCUT2D eigenvalue weighted by Gasteiger charge is -2.01. The van der Waals surface area contributed by atoms with Gasteiger partial charge < -0.3 is 4.52 Å². The minimum absolute atomic E-state index is 0.0727. The zero-order valence-electron chi connectivity index (χ0n) is 7.04. The minimum atomic E-state index is -1.41. The van der Waals surface area contributed by atoms with Crippen LogP contribution in [0.2, 0.25) is 0 Å². The van der Waals surface area contributed by atoms with E-state index in [0.717, 1.165) is 5.56 Å². The maximum atomic E-state index is 10.3. The molecule has 0 aromatic heterocycles. The largest absolute Gasteiger partial charge is 0.339 e. The summed E-state index contributed by atoms with van der Waals surface area (Å²) in [5.74, 6) is 0. The van der Waals surface area contributed by atoms with E-state index in [1.54, 1.807) is 12.1 Å². The Kier molecular flexibility index (Phi) is 4.54. The summed E-state index contributed by atoms with van der Waals surface area (Å²) in [6.07, 6.45) is -1.41. The molecule has 0 N–H and O–H groups in total. The van der Waals surface area contributed by atoms with Crippen molar-refractivity contribution >= 4 is 35.9 Å². The molecular weight excluding hydrogens is 241 g/mol. The van der Waals surface area contributed by atoms with Crippen molar-refractivity contribution in [1.82, 2.24) is 0 Å². The molecular formula is C7H8NO3PS2. The van der Waals surface area contributed by atoms with Crippen molar-refractivity contribution < 1.29 is 9.45 Å². The average molecular weight is 249 g/mol. The van der Waals surface area contributed by atoms with Crippen LogP contribution in [0.15, 0.2) is 24.3 Å². The zero-order valence-corrected chi connectivity index (χ0v) is 9.75. The fourth-order valence-electron chi connectivity index (χ4n) is 0.859. The van der Waals surface area contributed by atoms with Crippen LogP contribution in [0, 0.1) is 10.1 Å². The maximum Gasteiger partial charge on any atom is 0.269 e. The van der Waals surface area contributed by atoms with Crippen LogP contribution in [0.4, 0.5) is 5.69 Å². The molecule has 1 atom stereocenters. The molecule has 0 saturated carbocycles. The van der Waals surface area contributed by atoms with E-state index in [1.807, 2.05) is 0 Å². The topological polar surface area (TPSA) is 52.4 Å². The van der Waals surface area contributed by atoms with Gasteiger partial charge in [-0.25, -0.2) is 0 Å². The molecule has 1 rings (SSSR count). The highest BCUT2D eigenvalue weighted by molar-refractivity contribution is 8.54. The van der Waals surface area contributed by atoms with Crippen LogP contribution in [-0.4, -0.2) is 4.92 Å². The number of hydrogen-bond acceptors (Lipinski definition) is 4. The maximum absolute atomic E-state index is 10.3. The fraction of sp³-hybridized carbons (Fsp3) is 0.143. The molecule has 14 heavy (non-hydrogen) atoms. The smallest absolute Gasteiger partial charge is 0.269 e. The first kappa shape index (κ1) is 11.7. The number of nitro benzene ring substituents is 1. The third-order valence-electron chi connectivity index (χ3n) is 1.51. The number of nitro groups is 1. The molecule has 1 aromatic rings. The molecule has 0 aliphatic carbocycles. The summed E-state index contributed by atoms with van der Waals surface area (Å²) < 4.78 is 5.14. The molecule has 0 saturated heterocycles. The Bertz CT molecular complexity index is 354. The van der Waals surface area contributed by atoms with Crippen LogP contribution < -0.4 is 0 Å². The molecule has 0 aliphatic heterocycles. The first-order chi connectivity index (χ1) is 6.59.